The number of oxazole rings is 1. The second-order valence-corrected chi connectivity index (χ2v) is 5.45. The van der Waals surface area contributed by atoms with E-state index in [2.05, 4.69) is 10.1 Å². The molecule has 0 fully saturated rings. The van der Waals surface area contributed by atoms with Crippen molar-refractivity contribution in [2.24, 2.45) is 0 Å². The monoisotopic (exact) mass is 315 g/mol. The summed E-state index contributed by atoms with van der Waals surface area (Å²) in [6.07, 6.45) is 0. The average Bonchev–Trinajstić information content (AvgIpc) is 3.02. The molecule has 5 nitrogen and oxygen atoms in total. The highest BCUT2D eigenvalue weighted by molar-refractivity contribution is 5.56. The van der Waals surface area contributed by atoms with Crippen molar-refractivity contribution < 1.29 is 13.5 Å². The molecule has 0 atom stereocenters. The van der Waals surface area contributed by atoms with Crippen LogP contribution in [-0.4, -0.2) is 21.9 Å². The van der Waals surface area contributed by atoms with Crippen LogP contribution >= 0.6 is 0 Å². The van der Waals surface area contributed by atoms with Gasteiger partial charge in [0.05, 0.1) is 24.9 Å². The van der Waals surface area contributed by atoms with Gasteiger partial charge in [0.15, 0.2) is 0 Å². The molecule has 0 saturated carbocycles. The lowest BCUT2D eigenvalue weighted by atomic mass is 10.2. The molecule has 3 rings (SSSR count). The predicted molar refractivity (Wildman–Crippen MR) is 84.0 cm³/mol. The van der Waals surface area contributed by atoms with E-state index in [1.807, 2.05) is 31.5 Å². The smallest absolute Gasteiger partial charge is 0.229 e. The fraction of sp³-hybridized carbons (Fsp3) is 0.294. The summed E-state index contributed by atoms with van der Waals surface area (Å²) in [5.41, 5.74) is 3.04. The zero-order valence-electron chi connectivity index (χ0n) is 13.6. The van der Waals surface area contributed by atoms with Crippen LogP contribution in [0.25, 0.3) is 11.5 Å². The number of methoxy groups -OCH3 is 1. The predicted octanol–water partition coefficient (Wildman–Crippen LogP) is 3.66. The first-order valence-corrected chi connectivity index (χ1v) is 7.29. The van der Waals surface area contributed by atoms with E-state index in [1.54, 1.807) is 12.1 Å². The molecule has 0 saturated heterocycles. The van der Waals surface area contributed by atoms with E-state index in [-0.39, 0.29) is 5.89 Å². The third-order valence-electron chi connectivity index (χ3n) is 3.70. The summed E-state index contributed by atoms with van der Waals surface area (Å²) in [4.78, 5) is 4.43. The number of hydrogen-bond acceptors (Lipinski definition) is 4. The quantitative estimate of drug-likeness (QED) is 0.737. The number of rotatable bonds is 4. The van der Waals surface area contributed by atoms with Crippen molar-refractivity contribution in [3.63, 3.8) is 0 Å². The van der Waals surface area contributed by atoms with Crippen molar-refractivity contribution >= 4 is 0 Å². The topological polar surface area (TPSA) is 53.1 Å². The van der Waals surface area contributed by atoms with E-state index < -0.39 is 5.82 Å². The maximum Gasteiger partial charge on any atom is 0.229 e. The molecule has 120 valence electrons. The summed E-state index contributed by atoms with van der Waals surface area (Å²) in [6.45, 7) is 6.24. The van der Waals surface area contributed by atoms with E-state index in [1.165, 1.54) is 13.2 Å². The van der Waals surface area contributed by atoms with Gasteiger partial charge in [-0.3, -0.25) is 4.68 Å². The van der Waals surface area contributed by atoms with E-state index >= 15 is 0 Å². The van der Waals surface area contributed by atoms with Crippen LogP contribution < -0.4 is 4.74 Å². The van der Waals surface area contributed by atoms with Gasteiger partial charge in [0.1, 0.15) is 23.0 Å². The maximum atomic E-state index is 14.2. The van der Waals surface area contributed by atoms with Crippen molar-refractivity contribution in [1.82, 2.24) is 14.8 Å². The van der Waals surface area contributed by atoms with Crippen molar-refractivity contribution in [2.75, 3.05) is 7.11 Å². The summed E-state index contributed by atoms with van der Waals surface area (Å²) < 4.78 is 26.7. The van der Waals surface area contributed by atoms with Crippen LogP contribution in [0.1, 0.15) is 22.8 Å². The number of nitrogens with zero attached hydrogens (tertiary/aromatic N) is 3. The van der Waals surface area contributed by atoms with E-state index in [0.717, 1.165) is 17.1 Å². The molecule has 1 aromatic carbocycles. The van der Waals surface area contributed by atoms with Gasteiger partial charge >= 0.3 is 0 Å². The van der Waals surface area contributed by atoms with Crippen LogP contribution in [0.5, 0.6) is 5.75 Å². The lowest BCUT2D eigenvalue weighted by molar-refractivity contribution is 0.411. The molecule has 0 unspecified atom stereocenters. The van der Waals surface area contributed by atoms with Crippen LogP contribution in [0, 0.1) is 26.6 Å². The second-order valence-electron chi connectivity index (χ2n) is 5.45. The highest BCUT2D eigenvalue weighted by Crippen LogP contribution is 2.27. The summed E-state index contributed by atoms with van der Waals surface area (Å²) >= 11 is 0. The van der Waals surface area contributed by atoms with Crippen LogP contribution in [0.4, 0.5) is 4.39 Å². The van der Waals surface area contributed by atoms with Crippen molar-refractivity contribution in [3.05, 3.63) is 52.9 Å². The number of hydrogen-bond donors (Lipinski definition) is 0. The first-order chi connectivity index (χ1) is 11.0. The number of ether oxygens (including phenoxy) is 1. The average molecular weight is 315 g/mol. The fourth-order valence-electron chi connectivity index (χ4n) is 2.46. The molecule has 0 aliphatic heterocycles. The van der Waals surface area contributed by atoms with Crippen molar-refractivity contribution in [3.8, 4) is 17.2 Å². The highest BCUT2D eigenvalue weighted by atomic mass is 19.1. The minimum atomic E-state index is -0.428. The minimum Gasteiger partial charge on any atom is -0.497 e. The lowest BCUT2D eigenvalue weighted by Gasteiger charge is -2.02. The van der Waals surface area contributed by atoms with Gasteiger partial charge in [-0.1, -0.05) is 0 Å². The van der Waals surface area contributed by atoms with Gasteiger partial charge in [-0.2, -0.15) is 5.10 Å². The van der Waals surface area contributed by atoms with Gasteiger partial charge in [-0.15, -0.1) is 0 Å². The van der Waals surface area contributed by atoms with E-state index in [0.29, 0.717) is 23.6 Å². The molecule has 0 aliphatic rings. The van der Waals surface area contributed by atoms with Crippen LogP contribution in [0.15, 0.2) is 28.7 Å². The Morgan fingerprint density at radius 2 is 2.00 bits per heavy atom. The van der Waals surface area contributed by atoms with E-state index in [4.69, 9.17) is 9.15 Å². The molecule has 0 aliphatic carbocycles. The molecule has 0 radical (unpaired) electrons. The largest absolute Gasteiger partial charge is 0.497 e. The Kier molecular flexibility index (Phi) is 3.90. The first kappa shape index (κ1) is 15.3. The number of halogens is 1. The summed E-state index contributed by atoms with van der Waals surface area (Å²) in [6, 6.07) is 6.60. The van der Waals surface area contributed by atoms with Gasteiger partial charge in [-0.25, -0.2) is 9.37 Å². The molecule has 23 heavy (non-hydrogen) atoms. The van der Waals surface area contributed by atoms with Crippen LogP contribution in [0.3, 0.4) is 0 Å². The number of aromatic nitrogens is 3. The van der Waals surface area contributed by atoms with Crippen molar-refractivity contribution in [2.45, 2.75) is 27.3 Å². The number of aryl methyl sites for hydroxylation is 3. The van der Waals surface area contributed by atoms with Gasteiger partial charge in [0.2, 0.25) is 5.89 Å². The Morgan fingerprint density at radius 3 is 2.61 bits per heavy atom. The molecule has 0 spiro atoms. The Bertz CT molecular complexity index is 852. The molecule has 2 aromatic heterocycles. The van der Waals surface area contributed by atoms with Crippen LogP contribution in [0.2, 0.25) is 0 Å². The normalized spacial score (nSPS) is 11.0. The second kappa shape index (κ2) is 5.87. The zero-order chi connectivity index (χ0) is 16.6. The van der Waals surface area contributed by atoms with E-state index in [9.17, 15) is 4.39 Å². The Morgan fingerprint density at radius 1 is 1.22 bits per heavy atom. The third-order valence-corrected chi connectivity index (χ3v) is 3.70. The summed E-state index contributed by atoms with van der Waals surface area (Å²) in [7, 11) is 1.50. The van der Waals surface area contributed by atoms with Crippen LogP contribution in [-0.2, 0) is 6.54 Å². The minimum absolute atomic E-state index is 0.263. The number of benzene rings is 1. The Hall–Kier alpha value is -2.63. The molecule has 0 N–H and O–H groups in total. The Balaban J connectivity index is 1.93. The standard InChI is InChI=1S/C17H18FN3O2/c1-10-7-11(2)21(20-10)9-16-12(3)23-17(19-16)14-6-5-13(22-4)8-15(14)18/h5-8H,9H2,1-4H3. The summed E-state index contributed by atoms with van der Waals surface area (Å²) in [5, 5.41) is 4.41. The molecule has 6 heteroatoms. The molecule has 0 amide bonds. The molecule has 2 heterocycles. The maximum absolute atomic E-state index is 14.2. The molecular weight excluding hydrogens is 297 g/mol. The lowest BCUT2D eigenvalue weighted by Crippen LogP contribution is -2.05. The summed E-state index contributed by atoms with van der Waals surface area (Å²) in [5.74, 6) is 0.947. The highest BCUT2D eigenvalue weighted by Gasteiger charge is 2.16. The first-order valence-electron chi connectivity index (χ1n) is 7.29. The molecule has 0 bridgehead atoms. The van der Waals surface area contributed by atoms with Gasteiger partial charge in [-0.05, 0) is 39.0 Å². The SMILES string of the molecule is COc1ccc(-c2nc(Cn3nc(C)cc3C)c(C)o2)c(F)c1. The molecule has 3 aromatic rings. The van der Waals surface area contributed by atoms with Crippen molar-refractivity contribution in [1.29, 1.82) is 0 Å². The zero-order valence-corrected chi connectivity index (χ0v) is 13.6. The van der Waals surface area contributed by atoms with Gasteiger partial charge in [0.25, 0.3) is 0 Å². The van der Waals surface area contributed by atoms with Gasteiger partial charge < -0.3 is 9.15 Å². The Labute approximate surface area is 133 Å². The third kappa shape index (κ3) is 2.97. The van der Waals surface area contributed by atoms with Gasteiger partial charge in [0, 0.05) is 11.8 Å². The fourth-order valence-corrected chi connectivity index (χ4v) is 2.46. The molecular formula is C17H18FN3O2.